The van der Waals surface area contributed by atoms with Crippen LogP contribution in [0.25, 0.3) is 11.0 Å². The zero-order valence-corrected chi connectivity index (χ0v) is 12.7. The summed E-state index contributed by atoms with van der Waals surface area (Å²) >= 11 is 1.40. The van der Waals surface area contributed by atoms with Gasteiger partial charge in [0.2, 0.25) is 5.91 Å². The van der Waals surface area contributed by atoms with Crippen molar-refractivity contribution in [2.45, 2.75) is 24.7 Å². The van der Waals surface area contributed by atoms with E-state index in [9.17, 15) is 9.90 Å². The monoisotopic (exact) mass is 293 g/mol. The molecule has 108 valence electrons. The molecular weight excluding hydrogens is 274 g/mol. The molecule has 0 spiro atoms. The standard InChI is InChI=1S/C14H19N3O2S/c1-10(18)8-17-12-7-5-4-6-11(12)15-14(17)20-9-13(19)16(2)3/h4-7,10,18H,8-9H2,1-3H3/t10-/m0/s1. The molecule has 2 aromatic rings. The van der Waals surface area contributed by atoms with Crippen molar-refractivity contribution in [3.8, 4) is 0 Å². The molecule has 0 radical (unpaired) electrons. The molecule has 2 rings (SSSR count). The molecule has 5 nitrogen and oxygen atoms in total. The van der Waals surface area contributed by atoms with Gasteiger partial charge in [-0.05, 0) is 19.1 Å². The molecule has 0 aliphatic rings. The van der Waals surface area contributed by atoms with E-state index in [2.05, 4.69) is 4.98 Å². The van der Waals surface area contributed by atoms with Gasteiger partial charge in [-0.3, -0.25) is 4.79 Å². The number of nitrogens with zero attached hydrogens (tertiary/aromatic N) is 3. The first-order valence-corrected chi connectivity index (χ1v) is 7.44. The molecular formula is C14H19N3O2S. The number of aromatic nitrogens is 2. The second-order valence-corrected chi connectivity index (χ2v) is 5.86. The normalized spacial score (nSPS) is 12.6. The molecule has 1 heterocycles. The van der Waals surface area contributed by atoms with Crippen molar-refractivity contribution in [1.29, 1.82) is 0 Å². The van der Waals surface area contributed by atoms with Gasteiger partial charge in [-0.1, -0.05) is 23.9 Å². The van der Waals surface area contributed by atoms with E-state index in [1.165, 1.54) is 11.8 Å². The smallest absolute Gasteiger partial charge is 0.232 e. The number of thioether (sulfide) groups is 1. The van der Waals surface area contributed by atoms with Gasteiger partial charge in [-0.15, -0.1) is 0 Å². The first-order chi connectivity index (χ1) is 9.49. The first-order valence-electron chi connectivity index (χ1n) is 6.45. The SMILES string of the molecule is C[C@H](O)Cn1c(SCC(=O)N(C)C)nc2ccccc21. The van der Waals surface area contributed by atoms with Crippen LogP contribution >= 0.6 is 11.8 Å². The molecule has 6 heteroatoms. The van der Waals surface area contributed by atoms with Crippen molar-refractivity contribution in [3.05, 3.63) is 24.3 Å². The fourth-order valence-electron chi connectivity index (χ4n) is 1.86. The molecule has 1 atom stereocenters. The Bertz CT molecular complexity index is 607. The lowest BCUT2D eigenvalue weighted by Gasteiger charge is -2.12. The zero-order chi connectivity index (χ0) is 14.7. The van der Waals surface area contributed by atoms with Crippen molar-refractivity contribution in [1.82, 2.24) is 14.5 Å². The molecule has 1 amide bonds. The largest absolute Gasteiger partial charge is 0.392 e. The summed E-state index contributed by atoms with van der Waals surface area (Å²) in [7, 11) is 3.48. The van der Waals surface area contributed by atoms with Crippen molar-refractivity contribution in [2.24, 2.45) is 0 Å². The minimum atomic E-state index is -0.462. The average molecular weight is 293 g/mol. The molecule has 1 aromatic carbocycles. The number of para-hydroxylation sites is 2. The molecule has 1 N–H and O–H groups in total. The van der Waals surface area contributed by atoms with Crippen LogP contribution in [0.5, 0.6) is 0 Å². The summed E-state index contributed by atoms with van der Waals surface area (Å²) in [6, 6.07) is 7.79. The molecule has 0 saturated heterocycles. The third kappa shape index (κ3) is 3.32. The fraction of sp³-hybridized carbons (Fsp3) is 0.429. The fourth-order valence-corrected chi connectivity index (χ4v) is 2.86. The van der Waals surface area contributed by atoms with Crippen LogP contribution in [0, 0.1) is 0 Å². The molecule has 0 fully saturated rings. The van der Waals surface area contributed by atoms with Gasteiger partial charge in [0.05, 0.1) is 29.4 Å². The molecule has 0 unspecified atom stereocenters. The number of benzene rings is 1. The Labute approximate surface area is 122 Å². The third-order valence-corrected chi connectivity index (χ3v) is 3.85. The highest BCUT2D eigenvalue weighted by molar-refractivity contribution is 7.99. The lowest BCUT2D eigenvalue weighted by atomic mass is 10.3. The van der Waals surface area contributed by atoms with Crippen LogP contribution in [0.4, 0.5) is 0 Å². The highest BCUT2D eigenvalue weighted by Crippen LogP contribution is 2.24. The van der Waals surface area contributed by atoms with Gasteiger partial charge in [0.15, 0.2) is 5.16 Å². The molecule has 0 bridgehead atoms. The summed E-state index contributed by atoms with van der Waals surface area (Å²) in [5, 5.41) is 10.4. The van der Waals surface area contributed by atoms with Gasteiger partial charge in [0, 0.05) is 14.1 Å². The summed E-state index contributed by atoms with van der Waals surface area (Å²) in [5.41, 5.74) is 1.86. The maximum Gasteiger partial charge on any atom is 0.232 e. The number of aliphatic hydroxyl groups excluding tert-OH is 1. The Hall–Kier alpha value is -1.53. The first kappa shape index (κ1) is 14.9. The van der Waals surface area contributed by atoms with E-state index >= 15 is 0 Å². The molecule has 0 aliphatic heterocycles. The number of amides is 1. The molecule has 0 aliphatic carbocycles. The van der Waals surface area contributed by atoms with E-state index in [0.717, 1.165) is 16.2 Å². The van der Waals surface area contributed by atoms with Gasteiger partial charge < -0.3 is 14.6 Å². The van der Waals surface area contributed by atoms with Gasteiger partial charge in [-0.2, -0.15) is 0 Å². The van der Waals surface area contributed by atoms with E-state index in [1.54, 1.807) is 25.9 Å². The van der Waals surface area contributed by atoms with Gasteiger partial charge in [0.25, 0.3) is 0 Å². The van der Waals surface area contributed by atoms with E-state index < -0.39 is 6.10 Å². The van der Waals surface area contributed by atoms with Crippen LogP contribution in [0.15, 0.2) is 29.4 Å². The molecule has 20 heavy (non-hydrogen) atoms. The number of hydrogen-bond donors (Lipinski definition) is 1. The number of carbonyl (C=O) groups is 1. The number of aliphatic hydroxyl groups is 1. The van der Waals surface area contributed by atoms with Gasteiger partial charge >= 0.3 is 0 Å². The van der Waals surface area contributed by atoms with E-state index in [1.807, 2.05) is 28.8 Å². The molecule has 1 aromatic heterocycles. The predicted octanol–water partition coefficient (Wildman–Crippen LogP) is 1.60. The lowest BCUT2D eigenvalue weighted by Crippen LogP contribution is -2.23. The number of fused-ring (bicyclic) bond motifs is 1. The Kier molecular flexibility index (Phi) is 4.67. The Morgan fingerprint density at radius 2 is 2.15 bits per heavy atom. The summed E-state index contributed by atoms with van der Waals surface area (Å²) in [6.07, 6.45) is -0.462. The number of rotatable bonds is 5. The Morgan fingerprint density at radius 1 is 1.45 bits per heavy atom. The topological polar surface area (TPSA) is 58.4 Å². The quantitative estimate of drug-likeness (QED) is 0.851. The predicted molar refractivity (Wildman–Crippen MR) is 80.8 cm³/mol. The Morgan fingerprint density at radius 3 is 2.80 bits per heavy atom. The summed E-state index contributed by atoms with van der Waals surface area (Å²) < 4.78 is 1.97. The van der Waals surface area contributed by atoms with Crippen LogP contribution in [-0.4, -0.2) is 51.4 Å². The second-order valence-electron chi connectivity index (χ2n) is 4.92. The van der Waals surface area contributed by atoms with E-state index in [-0.39, 0.29) is 5.91 Å². The number of carbonyl (C=O) groups excluding carboxylic acids is 1. The average Bonchev–Trinajstić information content (AvgIpc) is 2.73. The maximum absolute atomic E-state index is 11.7. The molecule has 0 saturated carbocycles. The third-order valence-electron chi connectivity index (χ3n) is 2.89. The Balaban J connectivity index is 2.29. The lowest BCUT2D eigenvalue weighted by molar-refractivity contribution is -0.125. The maximum atomic E-state index is 11.7. The highest BCUT2D eigenvalue weighted by atomic mass is 32.2. The van der Waals surface area contributed by atoms with Crippen molar-refractivity contribution in [3.63, 3.8) is 0 Å². The van der Waals surface area contributed by atoms with Crippen LogP contribution < -0.4 is 0 Å². The van der Waals surface area contributed by atoms with Gasteiger partial charge in [0.1, 0.15) is 0 Å². The number of hydrogen-bond acceptors (Lipinski definition) is 4. The number of imidazole rings is 1. The summed E-state index contributed by atoms with van der Waals surface area (Å²) in [4.78, 5) is 17.8. The summed E-state index contributed by atoms with van der Waals surface area (Å²) in [6.45, 7) is 2.22. The highest BCUT2D eigenvalue weighted by Gasteiger charge is 2.14. The summed E-state index contributed by atoms with van der Waals surface area (Å²) in [5.74, 6) is 0.390. The van der Waals surface area contributed by atoms with Crippen LogP contribution in [0.3, 0.4) is 0 Å². The van der Waals surface area contributed by atoms with Crippen LogP contribution in [0.2, 0.25) is 0 Å². The van der Waals surface area contributed by atoms with Crippen molar-refractivity contribution >= 4 is 28.7 Å². The van der Waals surface area contributed by atoms with Crippen LogP contribution in [0.1, 0.15) is 6.92 Å². The van der Waals surface area contributed by atoms with E-state index in [0.29, 0.717) is 12.3 Å². The minimum Gasteiger partial charge on any atom is -0.392 e. The zero-order valence-electron chi connectivity index (χ0n) is 11.9. The van der Waals surface area contributed by atoms with E-state index in [4.69, 9.17) is 0 Å². The second kappa shape index (κ2) is 6.28. The minimum absolute atomic E-state index is 0.0469. The van der Waals surface area contributed by atoms with Crippen LogP contribution in [-0.2, 0) is 11.3 Å². The van der Waals surface area contributed by atoms with Gasteiger partial charge in [-0.25, -0.2) is 4.98 Å². The van der Waals surface area contributed by atoms with Crippen molar-refractivity contribution in [2.75, 3.05) is 19.8 Å². The van der Waals surface area contributed by atoms with Crippen molar-refractivity contribution < 1.29 is 9.90 Å².